The largest absolute Gasteiger partial charge is 0.371 e. The molecule has 4 rings (SSSR count). The third kappa shape index (κ3) is 5.22. The number of benzene rings is 2. The highest BCUT2D eigenvalue weighted by atomic mass is 32.2. The Morgan fingerprint density at radius 3 is 2.40 bits per heavy atom. The van der Waals surface area contributed by atoms with E-state index in [2.05, 4.69) is 63.6 Å². The first kappa shape index (κ1) is 20.9. The van der Waals surface area contributed by atoms with E-state index in [-0.39, 0.29) is 6.03 Å². The number of nitrogens with zero attached hydrogens (tertiary/aromatic N) is 3. The second kappa shape index (κ2) is 10.1. The first-order valence-corrected chi connectivity index (χ1v) is 12.1. The topological polar surface area (TPSA) is 38.8 Å². The predicted octanol–water partition coefficient (Wildman–Crippen LogP) is 4.18. The van der Waals surface area contributed by atoms with Gasteiger partial charge >= 0.3 is 6.03 Å². The normalized spacial score (nSPS) is 16.6. The van der Waals surface area contributed by atoms with Gasteiger partial charge in [0.05, 0.1) is 0 Å². The van der Waals surface area contributed by atoms with Gasteiger partial charge in [-0.3, -0.25) is 0 Å². The van der Waals surface area contributed by atoms with Gasteiger partial charge in [-0.2, -0.15) is 11.8 Å². The molecule has 2 amide bonds. The molecule has 2 aromatic rings. The zero-order valence-electron chi connectivity index (χ0n) is 17.8. The molecule has 2 heterocycles. The summed E-state index contributed by atoms with van der Waals surface area (Å²) in [5, 5.41) is 3.06. The summed E-state index contributed by atoms with van der Waals surface area (Å²) in [6, 6.07) is 17.0. The highest BCUT2D eigenvalue weighted by molar-refractivity contribution is 7.99. The van der Waals surface area contributed by atoms with Crippen molar-refractivity contribution >= 4 is 29.2 Å². The second-order valence-corrected chi connectivity index (χ2v) is 9.33. The van der Waals surface area contributed by atoms with Crippen LogP contribution in [0.3, 0.4) is 0 Å². The summed E-state index contributed by atoms with van der Waals surface area (Å²) < 4.78 is 0. The monoisotopic (exact) mass is 424 g/mol. The lowest BCUT2D eigenvalue weighted by Gasteiger charge is -2.28. The van der Waals surface area contributed by atoms with Crippen molar-refractivity contribution < 1.29 is 4.79 Å². The molecule has 6 heteroatoms. The SMILES string of the molecule is CN(Cc1ccccc1N1CCCC1)C(=O)NCc1ccc(N2CCSCC2)cc1. The van der Waals surface area contributed by atoms with E-state index in [0.29, 0.717) is 13.1 Å². The average molecular weight is 425 g/mol. The van der Waals surface area contributed by atoms with Crippen molar-refractivity contribution in [1.29, 1.82) is 0 Å². The van der Waals surface area contributed by atoms with Gasteiger partial charge in [0.25, 0.3) is 0 Å². The molecule has 0 saturated carbocycles. The van der Waals surface area contributed by atoms with Gasteiger partial charge in [0.15, 0.2) is 0 Å². The molecule has 5 nitrogen and oxygen atoms in total. The van der Waals surface area contributed by atoms with E-state index >= 15 is 0 Å². The average Bonchev–Trinajstić information content (AvgIpc) is 3.33. The van der Waals surface area contributed by atoms with Crippen molar-refractivity contribution in [2.75, 3.05) is 54.5 Å². The quantitative estimate of drug-likeness (QED) is 0.755. The maximum absolute atomic E-state index is 12.7. The molecule has 0 aromatic heterocycles. The summed E-state index contributed by atoms with van der Waals surface area (Å²) >= 11 is 2.02. The van der Waals surface area contributed by atoms with E-state index in [4.69, 9.17) is 0 Å². The third-order valence-electron chi connectivity index (χ3n) is 5.95. The fraction of sp³-hybridized carbons (Fsp3) is 0.458. The van der Waals surface area contributed by atoms with Crippen LogP contribution in [0.2, 0.25) is 0 Å². The highest BCUT2D eigenvalue weighted by Gasteiger charge is 2.17. The molecular formula is C24H32N4OS. The lowest BCUT2D eigenvalue weighted by molar-refractivity contribution is 0.206. The maximum Gasteiger partial charge on any atom is 0.317 e. The van der Waals surface area contributed by atoms with Gasteiger partial charge in [-0.15, -0.1) is 0 Å². The zero-order chi connectivity index (χ0) is 20.8. The van der Waals surface area contributed by atoms with E-state index in [1.54, 1.807) is 4.90 Å². The molecule has 0 atom stereocenters. The number of nitrogens with one attached hydrogen (secondary N) is 1. The first-order valence-electron chi connectivity index (χ1n) is 10.9. The van der Waals surface area contributed by atoms with Crippen molar-refractivity contribution in [1.82, 2.24) is 10.2 Å². The highest BCUT2D eigenvalue weighted by Crippen LogP contribution is 2.25. The summed E-state index contributed by atoms with van der Waals surface area (Å²) in [6.07, 6.45) is 2.50. The molecule has 30 heavy (non-hydrogen) atoms. The van der Waals surface area contributed by atoms with Gasteiger partial charge in [0.2, 0.25) is 0 Å². The fourth-order valence-corrected chi connectivity index (χ4v) is 5.10. The Labute approximate surface area is 184 Å². The fourth-order valence-electron chi connectivity index (χ4n) is 4.20. The third-order valence-corrected chi connectivity index (χ3v) is 6.89. The number of carbonyl (C=O) groups is 1. The molecule has 2 aliphatic heterocycles. The molecule has 2 fully saturated rings. The van der Waals surface area contributed by atoms with Gasteiger partial charge in [-0.05, 0) is 42.2 Å². The van der Waals surface area contributed by atoms with Crippen LogP contribution in [0.5, 0.6) is 0 Å². The van der Waals surface area contributed by atoms with Crippen LogP contribution in [-0.4, -0.2) is 55.7 Å². The number of rotatable bonds is 6. The smallest absolute Gasteiger partial charge is 0.317 e. The van der Waals surface area contributed by atoms with Gasteiger partial charge in [-0.25, -0.2) is 4.79 Å². The molecule has 2 saturated heterocycles. The lowest BCUT2D eigenvalue weighted by Crippen LogP contribution is -2.36. The van der Waals surface area contributed by atoms with E-state index in [1.807, 2.05) is 18.8 Å². The van der Waals surface area contributed by atoms with Crippen molar-refractivity contribution in [3.05, 3.63) is 59.7 Å². The Kier molecular flexibility index (Phi) is 7.05. The number of thioether (sulfide) groups is 1. The van der Waals surface area contributed by atoms with Gasteiger partial charge in [-0.1, -0.05) is 30.3 Å². The Balaban J connectivity index is 1.30. The number of anilines is 2. The molecule has 160 valence electrons. The van der Waals surface area contributed by atoms with Crippen LogP contribution in [0, 0.1) is 0 Å². The summed E-state index contributed by atoms with van der Waals surface area (Å²) in [6.45, 7) is 5.62. The van der Waals surface area contributed by atoms with E-state index in [1.165, 1.54) is 41.3 Å². The molecule has 0 aliphatic carbocycles. The molecule has 0 spiro atoms. The number of hydrogen-bond acceptors (Lipinski definition) is 4. The van der Waals surface area contributed by atoms with Gasteiger partial charge in [0.1, 0.15) is 0 Å². The predicted molar refractivity (Wildman–Crippen MR) is 128 cm³/mol. The Bertz CT molecular complexity index is 829. The minimum absolute atomic E-state index is 0.0386. The molecule has 0 unspecified atom stereocenters. The molecule has 2 aliphatic rings. The standard InChI is InChI=1S/C24H32N4OS/c1-26(19-21-6-2-3-7-23(21)28-12-4-5-13-28)24(29)25-18-20-8-10-22(11-9-20)27-14-16-30-17-15-27/h2-3,6-11H,4-5,12-19H2,1H3,(H,25,29). The van der Waals surface area contributed by atoms with E-state index < -0.39 is 0 Å². The van der Waals surface area contributed by atoms with Crippen molar-refractivity contribution in [3.8, 4) is 0 Å². The molecule has 0 radical (unpaired) electrons. The van der Waals surface area contributed by atoms with Crippen molar-refractivity contribution in [2.24, 2.45) is 0 Å². The lowest BCUT2D eigenvalue weighted by atomic mass is 10.1. The first-order chi connectivity index (χ1) is 14.7. The number of carbonyl (C=O) groups excluding carboxylic acids is 1. The number of hydrogen-bond donors (Lipinski definition) is 1. The van der Waals surface area contributed by atoms with Crippen LogP contribution in [0.15, 0.2) is 48.5 Å². The minimum Gasteiger partial charge on any atom is -0.371 e. The van der Waals surface area contributed by atoms with Crippen LogP contribution >= 0.6 is 11.8 Å². The maximum atomic E-state index is 12.7. The minimum atomic E-state index is -0.0386. The number of amides is 2. The summed E-state index contributed by atoms with van der Waals surface area (Å²) in [5.41, 5.74) is 4.88. The van der Waals surface area contributed by atoms with Crippen molar-refractivity contribution in [3.63, 3.8) is 0 Å². The molecule has 1 N–H and O–H groups in total. The zero-order valence-corrected chi connectivity index (χ0v) is 18.7. The molecule has 0 bridgehead atoms. The Morgan fingerprint density at radius 1 is 0.967 bits per heavy atom. The van der Waals surface area contributed by atoms with Crippen molar-refractivity contribution in [2.45, 2.75) is 25.9 Å². The van der Waals surface area contributed by atoms with Crippen LogP contribution in [0.25, 0.3) is 0 Å². The molecule has 2 aromatic carbocycles. The molecular weight excluding hydrogens is 392 g/mol. The van der Waals surface area contributed by atoms with E-state index in [9.17, 15) is 4.79 Å². The van der Waals surface area contributed by atoms with Crippen LogP contribution in [0.1, 0.15) is 24.0 Å². The Morgan fingerprint density at radius 2 is 1.67 bits per heavy atom. The second-order valence-electron chi connectivity index (χ2n) is 8.10. The summed E-state index contributed by atoms with van der Waals surface area (Å²) in [5.74, 6) is 2.40. The number of para-hydroxylation sites is 1. The van der Waals surface area contributed by atoms with Gasteiger partial charge < -0.3 is 20.0 Å². The van der Waals surface area contributed by atoms with Crippen LogP contribution in [-0.2, 0) is 13.1 Å². The van der Waals surface area contributed by atoms with Gasteiger partial charge in [0, 0.05) is 69.2 Å². The summed E-state index contributed by atoms with van der Waals surface area (Å²) in [4.78, 5) is 19.3. The van der Waals surface area contributed by atoms with Crippen LogP contribution in [0.4, 0.5) is 16.2 Å². The van der Waals surface area contributed by atoms with Crippen LogP contribution < -0.4 is 15.1 Å². The van der Waals surface area contributed by atoms with E-state index in [0.717, 1.165) is 31.7 Å². The number of urea groups is 1. The summed E-state index contributed by atoms with van der Waals surface area (Å²) in [7, 11) is 1.87. The Hall–Kier alpha value is -2.34.